The summed E-state index contributed by atoms with van der Waals surface area (Å²) < 4.78 is 5.16. The summed E-state index contributed by atoms with van der Waals surface area (Å²) in [7, 11) is 0. The average Bonchev–Trinajstić information content (AvgIpc) is 2.67. The lowest BCUT2D eigenvalue weighted by atomic mass is 10.1. The predicted molar refractivity (Wildman–Crippen MR) is 106 cm³/mol. The Morgan fingerprint density at radius 2 is 1.81 bits per heavy atom. The van der Waals surface area contributed by atoms with Crippen molar-refractivity contribution in [2.45, 2.75) is 51.3 Å². The van der Waals surface area contributed by atoms with Gasteiger partial charge in [0.25, 0.3) is 0 Å². The smallest absolute Gasteiger partial charge is 0.408 e. The third-order valence-electron chi connectivity index (χ3n) is 3.89. The van der Waals surface area contributed by atoms with E-state index in [1.807, 2.05) is 43.5 Å². The number of unbranched alkanes of at least 4 members (excludes halogenated alkanes) is 1. The number of carboxylic acid groups (broad SMARTS) is 1. The molecule has 0 bridgehead atoms. The summed E-state index contributed by atoms with van der Waals surface area (Å²) in [6, 6.07) is 7.41. The molecule has 0 unspecified atom stereocenters. The SMILES string of the molecule is CCCC[C@H](NC(=O)OCc1ccccc1)C(=O)N[C@@H](CCSC)C(=O)O. The van der Waals surface area contributed by atoms with E-state index in [0.29, 0.717) is 18.6 Å². The van der Waals surface area contributed by atoms with Gasteiger partial charge in [0.15, 0.2) is 0 Å². The number of aliphatic carboxylic acids is 1. The first-order chi connectivity index (χ1) is 13.0. The van der Waals surface area contributed by atoms with E-state index in [2.05, 4.69) is 10.6 Å². The van der Waals surface area contributed by atoms with Gasteiger partial charge in [0.1, 0.15) is 18.7 Å². The van der Waals surface area contributed by atoms with Gasteiger partial charge in [-0.2, -0.15) is 11.8 Å². The van der Waals surface area contributed by atoms with Crippen LogP contribution in [0.15, 0.2) is 30.3 Å². The number of ether oxygens (including phenoxy) is 1. The van der Waals surface area contributed by atoms with Crippen molar-refractivity contribution in [1.82, 2.24) is 10.6 Å². The van der Waals surface area contributed by atoms with Crippen LogP contribution in [0.3, 0.4) is 0 Å². The Balaban J connectivity index is 2.62. The highest BCUT2D eigenvalue weighted by molar-refractivity contribution is 7.98. The lowest BCUT2D eigenvalue weighted by Gasteiger charge is -2.21. The molecule has 8 heteroatoms. The van der Waals surface area contributed by atoms with E-state index in [4.69, 9.17) is 4.74 Å². The summed E-state index contributed by atoms with van der Waals surface area (Å²) in [6.45, 7) is 2.07. The van der Waals surface area contributed by atoms with Crippen molar-refractivity contribution in [2.24, 2.45) is 0 Å². The van der Waals surface area contributed by atoms with E-state index in [1.165, 1.54) is 11.8 Å². The van der Waals surface area contributed by atoms with Gasteiger partial charge in [0.05, 0.1) is 0 Å². The van der Waals surface area contributed by atoms with Crippen molar-refractivity contribution in [3.8, 4) is 0 Å². The number of hydrogen-bond donors (Lipinski definition) is 3. The molecule has 2 amide bonds. The standard InChI is InChI=1S/C19H28N2O5S/c1-3-4-10-15(17(22)20-16(18(23)24)11-12-27-2)21-19(25)26-13-14-8-6-5-7-9-14/h5-9,15-16H,3-4,10-13H2,1-2H3,(H,20,22)(H,21,25)(H,23,24)/t15-,16-/m0/s1. The number of hydrogen-bond acceptors (Lipinski definition) is 5. The zero-order valence-electron chi connectivity index (χ0n) is 15.8. The maximum atomic E-state index is 12.5. The summed E-state index contributed by atoms with van der Waals surface area (Å²) in [4.78, 5) is 35.9. The third kappa shape index (κ3) is 9.33. The van der Waals surface area contributed by atoms with E-state index in [1.54, 1.807) is 0 Å². The molecular formula is C19H28N2O5S. The Morgan fingerprint density at radius 1 is 1.11 bits per heavy atom. The van der Waals surface area contributed by atoms with Crippen LogP contribution in [0.25, 0.3) is 0 Å². The van der Waals surface area contributed by atoms with E-state index in [0.717, 1.165) is 18.4 Å². The minimum absolute atomic E-state index is 0.0975. The van der Waals surface area contributed by atoms with Gasteiger partial charge in [-0.3, -0.25) is 4.79 Å². The minimum Gasteiger partial charge on any atom is -0.480 e. The Hall–Kier alpha value is -2.22. The van der Waals surface area contributed by atoms with Crippen molar-refractivity contribution in [2.75, 3.05) is 12.0 Å². The minimum atomic E-state index is -1.08. The first-order valence-electron chi connectivity index (χ1n) is 8.97. The maximum absolute atomic E-state index is 12.5. The molecule has 7 nitrogen and oxygen atoms in total. The summed E-state index contributed by atoms with van der Waals surface area (Å²) >= 11 is 1.51. The molecule has 2 atom stereocenters. The molecule has 27 heavy (non-hydrogen) atoms. The molecule has 0 aliphatic rings. The second-order valence-corrected chi connectivity index (χ2v) is 7.07. The molecule has 3 N–H and O–H groups in total. The fraction of sp³-hybridized carbons (Fsp3) is 0.526. The Morgan fingerprint density at radius 3 is 2.41 bits per heavy atom. The molecule has 0 fully saturated rings. The fourth-order valence-corrected chi connectivity index (χ4v) is 2.82. The molecule has 0 radical (unpaired) electrons. The van der Waals surface area contributed by atoms with Gasteiger partial charge in [-0.15, -0.1) is 0 Å². The van der Waals surface area contributed by atoms with E-state index < -0.39 is 30.1 Å². The number of benzene rings is 1. The zero-order valence-corrected chi connectivity index (χ0v) is 16.6. The van der Waals surface area contributed by atoms with Gasteiger partial charge in [0, 0.05) is 0 Å². The number of thioether (sulfide) groups is 1. The van der Waals surface area contributed by atoms with Crippen LogP contribution >= 0.6 is 11.8 Å². The fourth-order valence-electron chi connectivity index (χ4n) is 2.35. The normalized spacial score (nSPS) is 12.7. The quantitative estimate of drug-likeness (QED) is 0.502. The maximum Gasteiger partial charge on any atom is 0.408 e. The molecular weight excluding hydrogens is 368 g/mol. The van der Waals surface area contributed by atoms with Crippen LogP contribution in [-0.2, 0) is 20.9 Å². The van der Waals surface area contributed by atoms with Crippen molar-refractivity contribution in [3.63, 3.8) is 0 Å². The number of carboxylic acids is 1. The molecule has 0 aromatic heterocycles. The molecule has 1 rings (SSSR count). The van der Waals surface area contributed by atoms with Crippen molar-refractivity contribution in [3.05, 3.63) is 35.9 Å². The van der Waals surface area contributed by atoms with Crippen LogP contribution in [0.1, 0.15) is 38.2 Å². The lowest BCUT2D eigenvalue weighted by Crippen LogP contribution is -2.51. The summed E-state index contributed by atoms with van der Waals surface area (Å²) in [5.41, 5.74) is 0.838. The van der Waals surface area contributed by atoms with Crippen LogP contribution in [0.4, 0.5) is 4.79 Å². The van der Waals surface area contributed by atoms with E-state index in [-0.39, 0.29) is 6.61 Å². The van der Waals surface area contributed by atoms with Crippen LogP contribution < -0.4 is 10.6 Å². The summed E-state index contributed by atoms with van der Waals surface area (Å²) in [5, 5.41) is 14.3. The zero-order chi connectivity index (χ0) is 20.1. The van der Waals surface area contributed by atoms with E-state index >= 15 is 0 Å². The molecule has 0 aliphatic carbocycles. The molecule has 0 saturated carbocycles. The van der Waals surface area contributed by atoms with Gasteiger partial charge < -0.3 is 20.5 Å². The van der Waals surface area contributed by atoms with Crippen molar-refractivity contribution >= 4 is 29.7 Å². The predicted octanol–water partition coefficient (Wildman–Crippen LogP) is 2.79. The molecule has 1 aromatic carbocycles. The van der Waals surface area contributed by atoms with Crippen LogP contribution in [0, 0.1) is 0 Å². The second-order valence-electron chi connectivity index (χ2n) is 6.08. The van der Waals surface area contributed by atoms with Crippen LogP contribution in [0.2, 0.25) is 0 Å². The third-order valence-corrected chi connectivity index (χ3v) is 4.54. The van der Waals surface area contributed by atoms with Gasteiger partial charge >= 0.3 is 12.1 Å². The van der Waals surface area contributed by atoms with Crippen LogP contribution in [-0.4, -0.2) is 47.2 Å². The number of carbonyl (C=O) groups is 3. The van der Waals surface area contributed by atoms with Crippen molar-refractivity contribution < 1.29 is 24.2 Å². The van der Waals surface area contributed by atoms with Crippen LogP contribution in [0.5, 0.6) is 0 Å². The monoisotopic (exact) mass is 396 g/mol. The Kier molecular flexibility index (Phi) is 11.0. The summed E-state index contributed by atoms with van der Waals surface area (Å²) in [6.07, 6.45) is 3.47. The number of nitrogens with one attached hydrogen (secondary N) is 2. The van der Waals surface area contributed by atoms with Gasteiger partial charge in [-0.05, 0) is 30.4 Å². The molecule has 150 valence electrons. The summed E-state index contributed by atoms with van der Waals surface area (Å²) in [5.74, 6) is -0.976. The first kappa shape index (κ1) is 22.8. The molecule has 0 aliphatic heterocycles. The largest absolute Gasteiger partial charge is 0.480 e. The van der Waals surface area contributed by atoms with Gasteiger partial charge in [0.2, 0.25) is 5.91 Å². The second kappa shape index (κ2) is 13.0. The average molecular weight is 397 g/mol. The van der Waals surface area contributed by atoms with Gasteiger partial charge in [-0.25, -0.2) is 9.59 Å². The highest BCUT2D eigenvalue weighted by Gasteiger charge is 2.26. The van der Waals surface area contributed by atoms with Gasteiger partial charge in [-0.1, -0.05) is 50.1 Å². The topological polar surface area (TPSA) is 105 Å². The molecule has 0 heterocycles. The first-order valence-corrected chi connectivity index (χ1v) is 10.4. The number of alkyl carbamates (subject to hydrolysis) is 1. The van der Waals surface area contributed by atoms with E-state index in [9.17, 15) is 19.5 Å². The number of amides is 2. The molecule has 0 saturated heterocycles. The highest BCUT2D eigenvalue weighted by atomic mass is 32.2. The number of carbonyl (C=O) groups excluding carboxylic acids is 2. The Bertz CT molecular complexity index is 597. The lowest BCUT2D eigenvalue weighted by molar-refractivity contribution is -0.142. The Labute approximate surface area is 164 Å². The highest BCUT2D eigenvalue weighted by Crippen LogP contribution is 2.06. The number of rotatable bonds is 12. The van der Waals surface area contributed by atoms with Crippen molar-refractivity contribution in [1.29, 1.82) is 0 Å². The molecule has 1 aromatic rings. The molecule has 0 spiro atoms.